The number of nitrogens with zero attached hydrogens (tertiary/aromatic N) is 3. The van der Waals surface area contributed by atoms with Gasteiger partial charge < -0.3 is 9.88 Å². The van der Waals surface area contributed by atoms with E-state index in [4.69, 9.17) is 4.98 Å². The van der Waals surface area contributed by atoms with E-state index in [9.17, 15) is 0 Å². The lowest BCUT2D eigenvalue weighted by molar-refractivity contribution is 0.939. The Labute approximate surface area is 123 Å². The summed E-state index contributed by atoms with van der Waals surface area (Å²) in [6, 6.07) is 12.3. The number of nitrogens with one attached hydrogen (secondary N) is 1. The second-order valence-corrected chi connectivity index (χ2v) is 5.28. The zero-order chi connectivity index (χ0) is 14.2. The summed E-state index contributed by atoms with van der Waals surface area (Å²) < 4.78 is 0. The molecule has 3 heterocycles. The van der Waals surface area contributed by atoms with Gasteiger partial charge in [0.1, 0.15) is 11.5 Å². The van der Waals surface area contributed by atoms with Crippen molar-refractivity contribution in [1.82, 2.24) is 15.0 Å². The maximum absolute atomic E-state index is 4.80. The number of hydrogen-bond acceptors (Lipinski definition) is 3. The predicted octanol–water partition coefficient (Wildman–Crippen LogP) is 3.61. The van der Waals surface area contributed by atoms with Crippen LogP contribution in [0.2, 0.25) is 0 Å². The molecule has 0 atom stereocenters. The minimum absolute atomic E-state index is 0.907. The van der Waals surface area contributed by atoms with Crippen molar-refractivity contribution in [2.24, 2.45) is 0 Å². The van der Waals surface area contributed by atoms with Gasteiger partial charge in [0.2, 0.25) is 0 Å². The number of anilines is 1. The maximum atomic E-state index is 4.80. The summed E-state index contributed by atoms with van der Waals surface area (Å²) in [6.45, 7) is 2.96. The quantitative estimate of drug-likeness (QED) is 0.777. The Kier molecular flexibility index (Phi) is 2.74. The van der Waals surface area contributed by atoms with Gasteiger partial charge in [-0.15, -0.1) is 0 Å². The molecule has 104 valence electrons. The first kappa shape index (κ1) is 12.1. The number of H-pyrrole nitrogens is 1. The van der Waals surface area contributed by atoms with Crippen LogP contribution in [0.4, 0.5) is 5.82 Å². The molecule has 0 spiro atoms. The molecule has 1 aromatic carbocycles. The molecule has 4 rings (SSSR count). The molecule has 0 aromatic heterocycles. The molecule has 1 aromatic rings. The fourth-order valence-corrected chi connectivity index (χ4v) is 2.74. The number of aromatic amines is 1. The summed E-state index contributed by atoms with van der Waals surface area (Å²) in [7, 11) is 0. The zero-order valence-corrected chi connectivity index (χ0v) is 11.9. The molecule has 1 N–H and O–H groups in total. The third-order valence-electron chi connectivity index (χ3n) is 3.73. The van der Waals surface area contributed by atoms with Crippen LogP contribution in [0.3, 0.4) is 0 Å². The zero-order valence-electron chi connectivity index (χ0n) is 11.9. The van der Waals surface area contributed by atoms with Gasteiger partial charge in [0.25, 0.3) is 0 Å². The van der Waals surface area contributed by atoms with E-state index in [0.29, 0.717) is 0 Å². The largest absolute Gasteiger partial charge is 0.342 e. The minimum atomic E-state index is 0.907. The standard InChI is InChI=1S/C17H16N4/c1-12-18-15-11-14(13-7-3-2-4-8-13)20-16(15)17(19-12)21-9-5-6-10-21/h2-5,7-9,11H,6,10H2,1H3,(H,18,19). The monoisotopic (exact) mass is 276 g/mol. The van der Waals surface area contributed by atoms with Crippen molar-refractivity contribution >= 4 is 5.82 Å². The van der Waals surface area contributed by atoms with Crippen LogP contribution in [-0.2, 0) is 0 Å². The molecule has 0 fully saturated rings. The lowest BCUT2D eigenvalue weighted by atomic mass is 10.1. The smallest absolute Gasteiger partial charge is 0.162 e. The molecular weight excluding hydrogens is 260 g/mol. The maximum Gasteiger partial charge on any atom is 0.162 e. The van der Waals surface area contributed by atoms with Gasteiger partial charge in [-0.05, 0) is 19.4 Å². The molecule has 0 aliphatic carbocycles. The average Bonchev–Trinajstić information content (AvgIpc) is 3.16. The number of hydrogen-bond donors (Lipinski definition) is 1. The fourth-order valence-electron chi connectivity index (χ4n) is 2.74. The molecule has 3 aliphatic heterocycles. The van der Waals surface area contributed by atoms with Gasteiger partial charge >= 0.3 is 0 Å². The van der Waals surface area contributed by atoms with Crippen LogP contribution in [0.15, 0.2) is 48.7 Å². The molecule has 4 nitrogen and oxygen atoms in total. The lowest BCUT2D eigenvalue weighted by Gasteiger charge is -2.17. The van der Waals surface area contributed by atoms with Crippen molar-refractivity contribution in [3.63, 3.8) is 0 Å². The van der Waals surface area contributed by atoms with Crippen LogP contribution in [-0.4, -0.2) is 21.5 Å². The van der Waals surface area contributed by atoms with E-state index in [0.717, 1.165) is 47.3 Å². The summed E-state index contributed by atoms with van der Waals surface area (Å²) in [5.41, 5.74) is 4.09. The first-order valence-electron chi connectivity index (χ1n) is 7.17. The Morgan fingerprint density at radius 2 is 2.00 bits per heavy atom. The Hall–Kier alpha value is -2.62. The van der Waals surface area contributed by atoms with Gasteiger partial charge in [-0.1, -0.05) is 36.4 Å². The van der Waals surface area contributed by atoms with Crippen molar-refractivity contribution in [3.8, 4) is 22.6 Å². The second kappa shape index (κ2) is 4.74. The van der Waals surface area contributed by atoms with Crippen LogP contribution in [0.5, 0.6) is 0 Å². The topological polar surface area (TPSA) is 44.8 Å². The Bertz CT molecular complexity index is 773. The molecule has 0 saturated heterocycles. The molecule has 0 saturated carbocycles. The molecule has 0 radical (unpaired) electrons. The molecule has 0 unspecified atom stereocenters. The van der Waals surface area contributed by atoms with Crippen LogP contribution >= 0.6 is 0 Å². The van der Waals surface area contributed by atoms with E-state index in [1.54, 1.807) is 0 Å². The van der Waals surface area contributed by atoms with Crippen LogP contribution in [0, 0.1) is 6.92 Å². The Balaban J connectivity index is 1.88. The van der Waals surface area contributed by atoms with Gasteiger partial charge in [0, 0.05) is 18.3 Å². The number of rotatable bonds is 2. The highest BCUT2D eigenvalue weighted by Crippen LogP contribution is 2.34. The SMILES string of the molecule is Cc1nc(N2C=CCC2)c2nc(-c3ccccc3)cc-2[nH]1. The summed E-state index contributed by atoms with van der Waals surface area (Å²) >= 11 is 0. The highest BCUT2D eigenvalue weighted by Gasteiger charge is 2.21. The average molecular weight is 276 g/mol. The van der Waals surface area contributed by atoms with Gasteiger partial charge in [0.15, 0.2) is 5.82 Å². The highest BCUT2D eigenvalue weighted by molar-refractivity contribution is 5.78. The van der Waals surface area contributed by atoms with E-state index < -0.39 is 0 Å². The van der Waals surface area contributed by atoms with Gasteiger partial charge in [0.05, 0.1) is 11.4 Å². The van der Waals surface area contributed by atoms with Crippen molar-refractivity contribution < 1.29 is 0 Å². The summed E-state index contributed by atoms with van der Waals surface area (Å²) in [5.74, 6) is 1.85. The number of fused-ring (bicyclic) bond motifs is 1. The van der Waals surface area contributed by atoms with E-state index in [2.05, 4.69) is 45.3 Å². The molecule has 3 aliphatic rings. The second-order valence-electron chi connectivity index (χ2n) is 5.28. The van der Waals surface area contributed by atoms with E-state index in [1.165, 1.54) is 0 Å². The van der Waals surface area contributed by atoms with Crippen molar-refractivity contribution in [2.75, 3.05) is 11.4 Å². The van der Waals surface area contributed by atoms with Crippen LogP contribution in [0.1, 0.15) is 12.2 Å². The summed E-state index contributed by atoms with van der Waals surface area (Å²) in [5, 5.41) is 0. The van der Waals surface area contributed by atoms with E-state index >= 15 is 0 Å². The fraction of sp³-hybridized carbons (Fsp3) is 0.176. The van der Waals surface area contributed by atoms with Gasteiger partial charge in [-0.25, -0.2) is 9.97 Å². The first-order valence-corrected chi connectivity index (χ1v) is 7.17. The number of aryl methyl sites for hydroxylation is 1. The molecular formula is C17H16N4. The third kappa shape index (κ3) is 2.09. The van der Waals surface area contributed by atoms with Crippen LogP contribution < -0.4 is 4.90 Å². The van der Waals surface area contributed by atoms with E-state index in [1.807, 2.05) is 25.1 Å². The highest BCUT2D eigenvalue weighted by atomic mass is 15.2. The molecule has 21 heavy (non-hydrogen) atoms. The predicted molar refractivity (Wildman–Crippen MR) is 84.3 cm³/mol. The Morgan fingerprint density at radius 3 is 2.76 bits per heavy atom. The molecule has 0 bridgehead atoms. The lowest BCUT2D eigenvalue weighted by Crippen LogP contribution is -2.16. The minimum Gasteiger partial charge on any atom is -0.342 e. The van der Waals surface area contributed by atoms with Crippen molar-refractivity contribution in [3.05, 3.63) is 54.5 Å². The number of aromatic nitrogens is 3. The molecule has 0 amide bonds. The normalized spacial score (nSPS) is 14.2. The summed E-state index contributed by atoms with van der Waals surface area (Å²) in [6.07, 6.45) is 5.33. The summed E-state index contributed by atoms with van der Waals surface area (Å²) in [4.78, 5) is 14.9. The number of benzene rings is 1. The Morgan fingerprint density at radius 1 is 1.14 bits per heavy atom. The van der Waals surface area contributed by atoms with Crippen molar-refractivity contribution in [2.45, 2.75) is 13.3 Å². The third-order valence-corrected chi connectivity index (χ3v) is 3.73. The van der Waals surface area contributed by atoms with Crippen LogP contribution in [0.25, 0.3) is 22.6 Å². The van der Waals surface area contributed by atoms with Gasteiger partial charge in [-0.3, -0.25) is 0 Å². The van der Waals surface area contributed by atoms with E-state index in [-0.39, 0.29) is 0 Å². The van der Waals surface area contributed by atoms with Gasteiger partial charge in [-0.2, -0.15) is 0 Å². The first-order chi connectivity index (χ1) is 10.3. The van der Waals surface area contributed by atoms with Crippen molar-refractivity contribution in [1.29, 1.82) is 0 Å². The molecule has 4 heteroatoms.